The highest BCUT2D eigenvalue weighted by molar-refractivity contribution is 7.89. The first-order valence-corrected chi connectivity index (χ1v) is 3.82. The van der Waals surface area contributed by atoms with Crippen molar-refractivity contribution in [3.05, 3.63) is 6.92 Å². The van der Waals surface area contributed by atoms with E-state index in [0.29, 0.717) is 0 Å². The van der Waals surface area contributed by atoms with Crippen LogP contribution in [0.5, 0.6) is 0 Å². The van der Waals surface area contributed by atoms with Gasteiger partial charge in [-0.3, -0.25) is 0 Å². The van der Waals surface area contributed by atoms with Crippen LogP contribution in [-0.2, 0) is 10.0 Å². The first-order chi connectivity index (χ1) is 3.89. The Kier molecular flexibility index (Phi) is 2.60. The zero-order chi connectivity index (χ0) is 7.65. The Labute approximate surface area is 55.1 Å². The van der Waals surface area contributed by atoms with Crippen LogP contribution in [0, 0.1) is 6.92 Å². The first-order valence-electron chi connectivity index (χ1n) is 2.31. The highest BCUT2D eigenvalue weighted by atomic mass is 32.2. The Hall–Kier alpha value is -0.130. The molecule has 0 heterocycles. The number of nitrogens with zero attached hydrogens (tertiary/aromatic N) is 1. The molecule has 55 valence electrons. The van der Waals surface area contributed by atoms with Gasteiger partial charge in [-0.2, -0.15) is 0 Å². The van der Waals surface area contributed by atoms with Crippen molar-refractivity contribution in [3.8, 4) is 0 Å². The van der Waals surface area contributed by atoms with Gasteiger partial charge in [0.05, 0.1) is 0 Å². The molecule has 0 aliphatic carbocycles. The zero-order valence-corrected chi connectivity index (χ0v) is 6.22. The van der Waals surface area contributed by atoms with Gasteiger partial charge in [-0.15, -0.1) is 0 Å². The van der Waals surface area contributed by atoms with Crippen molar-refractivity contribution >= 4 is 10.0 Å². The van der Waals surface area contributed by atoms with Crippen molar-refractivity contribution in [2.45, 2.75) is 5.44 Å². The number of hydrogen-bond acceptors (Lipinski definition) is 3. The zero-order valence-electron chi connectivity index (χ0n) is 5.40. The van der Waals surface area contributed by atoms with Crippen LogP contribution >= 0.6 is 0 Å². The minimum absolute atomic E-state index is 0.921. The molecule has 0 saturated heterocycles. The maximum absolute atomic E-state index is 10.6. The molecule has 0 bridgehead atoms. The van der Waals surface area contributed by atoms with Crippen molar-refractivity contribution in [1.29, 1.82) is 0 Å². The van der Waals surface area contributed by atoms with Gasteiger partial charge in [-0.05, 0) is 6.92 Å². The molecule has 1 atom stereocenters. The van der Waals surface area contributed by atoms with Crippen LogP contribution in [0.4, 0.5) is 0 Å². The van der Waals surface area contributed by atoms with Crippen LogP contribution in [0.2, 0.25) is 0 Å². The highest BCUT2D eigenvalue weighted by Crippen LogP contribution is 1.98. The van der Waals surface area contributed by atoms with Crippen LogP contribution in [-0.4, -0.2) is 37.4 Å². The van der Waals surface area contributed by atoms with E-state index in [1.54, 1.807) is 0 Å². The second kappa shape index (κ2) is 2.64. The van der Waals surface area contributed by atoms with E-state index in [1.807, 2.05) is 0 Å². The van der Waals surface area contributed by atoms with Gasteiger partial charge in [0.2, 0.25) is 10.0 Å². The lowest BCUT2D eigenvalue weighted by atomic mass is 10.9. The van der Waals surface area contributed by atoms with E-state index in [1.165, 1.54) is 14.1 Å². The summed E-state index contributed by atoms with van der Waals surface area (Å²) < 4.78 is 22.2. The highest BCUT2D eigenvalue weighted by Gasteiger charge is 2.19. The van der Waals surface area contributed by atoms with Gasteiger partial charge in [0.1, 0.15) is 0 Å². The van der Waals surface area contributed by atoms with Crippen LogP contribution < -0.4 is 0 Å². The summed E-state index contributed by atoms with van der Waals surface area (Å²) in [4.78, 5) is 0. The summed E-state index contributed by atoms with van der Waals surface area (Å²) in [6.07, 6.45) is 0. The van der Waals surface area contributed by atoms with Crippen LogP contribution in [0.3, 0.4) is 0 Å². The number of rotatable bonds is 2. The quantitative estimate of drug-likeness (QED) is 0.554. The molecule has 0 fully saturated rings. The summed E-state index contributed by atoms with van der Waals surface area (Å²) >= 11 is 0. The molecular formula is C4H10NO3S. The van der Waals surface area contributed by atoms with Gasteiger partial charge in [0.25, 0.3) is 0 Å². The van der Waals surface area contributed by atoms with Crippen molar-refractivity contribution < 1.29 is 13.5 Å². The predicted molar refractivity (Wildman–Crippen MR) is 34.0 cm³/mol. The maximum Gasteiger partial charge on any atom is 0.240 e. The van der Waals surface area contributed by atoms with E-state index in [4.69, 9.17) is 5.11 Å². The molecule has 0 aliphatic rings. The molecule has 0 spiro atoms. The van der Waals surface area contributed by atoms with Crippen molar-refractivity contribution in [1.82, 2.24) is 4.31 Å². The van der Waals surface area contributed by atoms with E-state index in [2.05, 4.69) is 6.92 Å². The van der Waals surface area contributed by atoms with E-state index in [9.17, 15) is 8.42 Å². The molecule has 9 heavy (non-hydrogen) atoms. The fourth-order valence-electron chi connectivity index (χ4n) is 0.243. The lowest BCUT2D eigenvalue weighted by molar-refractivity contribution is 0.282. The molecule has 0 aliphatic heterocycles. The van der Waals surface area contributed by atoms with Gasteiger partial charge in [-0.25, -0.2) is 12.7 Å². The SMILES string of the molecule is [CH2]C(O)S(=O)(=O)N(C)C. The van der Waals surface area contributed by atoms with Crippen molar-refractivity contribution in [3.63, 3.8) is 0 Å². The van der Waals surface area contributed by atoms with Crippen molar-refractivity contribution in [2.24, 2.45) is 0 Å². The predicted octanol–water partition coefficient (Wildman–Crippen LogP) is -0.970. The largest absolute Gasteiger partial charge is 0.376 e. The molecule has 0 aromatic heterocycles. The lowest BCUT2D eigenvalue weighted by Crippen LogP contribution is -2.31. The monoisotopic (exact) mass is 152 g/mol. The molecule has 5 heteroatoms. The number of sulfonamides is 1. The molecule has 4 nitrogen and oxygen atoms in total. The Morgan fingerprint density at radius 3 is 1.89 bits per heavy atom. The third-order valence-electron chi connectivity index (χ3n) is 0.853. The Morgan fingerprint density at radius 1 is 1.56 bits per heavy atom. The topological polar surface area (TPSA) is 57.6 Å². The molecule has 0 saturated carbocycles. The Morgan fingerprint density at radius 2 is 1.89 bits per heavy atom. The molecule has 0 rings (SSSR count). The van der Waals surface area contributed by atoms with E-state index >= 15 is 0 Å². The summed E-state index contributed by atoms with van der Waals surface area (Å²) in [6.45, 7) is 2.96. The first kappa shape index (κ1) is 8.87. The van der Waals surface area contributed by atoms with Gasteiger partial charge < -0.3 is 5.11 Å². The Balaban J connectivity index is 4.42. The molecule has 0 aromatic rings. The summed E-state index contributed by atoms with van der Waals surface area (Å²) in [5.74, 6) is 0. The van der Waals surface area contributed by atoms with Crippen LogP contribution in [0.25, 0.3) is 0 Å². The average molecular weight is 152 g/mol. The third kappa shape index (κ3) is 1.92. The summed E-state index contributed by atoms with van der Waals surface area (Å²) in [7, 11) is -0.863. The number of aliphatic hydroxyl groups excluding tert-OH is 1. The molecule has 0 amide bonds. The Bertz CT molecular complexity index is 156. The molecule has 1 N–H and O–H groups in total. The second-order valence-corrected chi connectivity index (χ2v) is 4.09. The molecule has 1 unspecified atom stereocenters. The smallest absolute Gasteiger partial charge is 0.240 e. The standard InChI is InChI=1S/C4H10NO3S/c1-4(6)9(7,8)5(2)3/h4,6H,1H2,2-3H3. The summed E-state index contributed by atoms with van der Waals surface area (Å²) in [6, 6.07) is 0. The van der Waals surface area contributed by atoms with Gasteiger partial charge in [0, 0.05) is 14.1 Å². The minimum Gasteiger partial charge on any atom is -0.376 e. The van der Waals surface area contributed by atoms with Gasteiger partial charge in [0.15, 0.2) is 5.44 Å². The lowest BCUT2D eigenvalue weighted by Gasteiger charge is -2.12. The van der Waals surface area contributed by atoms with E-state index in [-0.39, 0.29) is 0 Å². The average Bonchev–Trinajstić information content (AvgIpc) is 1.65. The normalized spacial score (nSPS) is 16.1. The molecule has 1 radical (unpaired) electrons. The van der Waals surface area contributed by atoms with E-state index in [0.717, 1.165) is 4.31 Å². The number of hydrogen-bond donors (Lipinski definition) is 1. The maximum atomic E-state index is 10.6. The fraction of sp³-hybridized carbons (Fsp3) is 0.750. The van der Waals surface area contributed by atoms with Crippen molar-refractivity contribution in [2.75, 3.05) is 14.1 Å². The van der Waals surface area contributed by atoms with Gasteiger partial charge >= 0.3 is 0 Å². The molecular weight excluding hydrogens is 142 g/mol. The second-order valence-electron chi connectivity index (χ2n) is 1.78. The molecule has 0 aromatic carbocycles. The van der Waals surface area contributed by atoms with Gasteiger partial charge in [-0.1, -0.05) is 0 Å². The van der Waals surface area contributed by atoms with Crippen LogP contribution in [0.1, 0.15) is 0 Å². The van der Waals surface area contributed by atoms with Crippen LogP contribution in [0.15, 0.2) is 0 Å². The third-order valence-corrected chi connectivity index (χ3v) is 2.56. The number of aliphatic hydroxyl groups is 1. The fourth-order valence-corrected chi connectivity index (χ4v) is 0.730. The minimum atomic E-state index is -3.54. The summed E-state index contributed by atoms with van der Waals surface area (Å²) in [5, 5.41) is 8.51. The van der Waals surface area contributed by atoms with E-state index < -0.39 is 15.5 Å². The summed E-state index contributed by atoms with van der Waals surface area (Å²) in [5.41, 5.74) is -1.56.